The molecule has 1 amide bonds. The second-order valence-electron chi connectivity index (χ2n) is 7.68. The fraction of sp³-hybridized carbons (Fsp3) is 0.375. The number of amides is 1. The molecule has 1 heterocycles. The summed E-state index contributed by atoms with van der Waals surface area (Å²) in [7, 11) is 1.60. The van der Waals surface area contributed by atoms with Gasteiger partial charge in [0.25, 0.3) is 0 Å². The molecule has 188 valence electrons. The Morgan fingerprint density at radius 2 is 1.80 bits per heavy atom. The Kier molecular flexibility index (Phi) is 10.3. The van der Waals surface area contributed by atoms with Crippen LogP contribution >= 0.6 is 11.6 Å². The molecule has 0 aliphatic rings. The highest BCUT2D eigenvalue weighted by Gasteiger charge is 2.13. The minimum absolute atomic E-state index is 0.00297. The van der Waals surface area contributed by atoms with Gasteiger partial charge in [0.15, 0.2) is 11.5 Å². The fourth-order valence-electron chi connectivity index (χ4n) is 3.31. The number of ether oxygens (including phenoxy) is 3. The van der Waals surface area contributed by atoms with Crippen LogP contribution in [0.5, 0.6) is 11.5 Å². The van der Waals surface area contributed by atoms with Crippen molar-refractivity contribution in [3.63, 3.8) is 0 Å². The number of rotatable bonds is 14. The van der Waals surface area contributed by atoms with Gasteiger partial charge in [0.05, 0.1) is 23.8 Å². The van der Waals surface area contributed by atoms with Crippen molar-refractivity contribution in [1.29, 1.82) is 0 Å². The van der Waals surface area contributed by atoms with Gasteiger partial charge in [0.2, 0.25) is 5.91 Å². The van der Waals surface area contributed by atoms with Crippen molar-refractivity contribution < 1.29 is 28.6 Å². The molecule has 35 heavy (non-hydrogen) atoms. The summed E-state index contributed by atoms with van der Waals surface area (Å²) >= 11 is 5.90. The number of carbonyl (C=O) groups is 1. The lowest BCUT2D eigenvalue weighted by Crippen LogP contribution is -2.17. The van der Waals surface area contributed by atoms with Crippen molar-refractivity contribution in [2.24, 2.45) is 0 Å². The number of hydrogen-bond donors (Lipinski definition) is 3. The molecule has 0 bridgehead atoms. The van der Waals surface area contributed by atoms with E-state index in [0.717, 1.165) is 19.3 Å². The van der Waals surface area contributed by atoms with Gasteiger partial charge in [0.1, 0.15) is 24.6 Å². The van der Waals surface area contributed by atoms with E-state index < -0.39 is 5.82 Å². The molecule has 0 fully saturated rings. The summed E-state index contributed by atoms with van der Waals surface area (Å²) in [6.45, 7) is 1.21. The first-order valence-electron chi connectivity index (χ1n) is 11.2. The first-order chi connectivity index (χ1) is 17.0. The lowest BCUT2D eigenvalue weighted by atomic mass is 10.1. The van der Waals surface area contributed by atoms with E-state index in [-0.39, 0.29) is 17.4 Å². The Morgan fingerprint density at radius 1 is 1.03 bits per heavy atom. The Hall–Kier alpha value is -3.21. The highest BCUT2D eigenvalue weighted by Crippen LogP contribution is 2.35. The molecule has 0 atom stereocenters. The number of fused-ring (bicyclic) bond motifs is 1. The summed E-state index contributed by atoms with van der Waals surface area (Å²) < 4.78 is 30.5. The van der Waals surface area contributed by atoms with Crippen molar-refractivity contribution in [2.45, 2.75) is 32.1 Å². The zero-order valence-corrected chi connectivity index (χ0v) is 20.1. The molecule has 3 N–H and O–H groups in total. The quantitative estimate of drug-likeness (QED) is 0.158. The number of hydroxylamine groups is 1. The highest BCUT2D eigenvalue weighted by atomic mass is 35.5. The number of methoxy groups -OCH3 is 1. The van der Waals surface area contributed by atoms with Crippen LogP contribution in [0.1, 0.15) is 32.1 Å². The molecule has 0 spiro atoms. The predicted molar refractivity (Wildman–Crippen MR) is 130 cm³/mol. The van der Waals surface area contributed by atoms with Crippen LogP contribution in [-0.4, -0.2) is 48.0 Å². The van der Waals surface area contributed by atoms with Crippen LogP contribution in [0, 0.1) is 5.82 Å². The van der Waals surface area contributed by atoms with Crippen molar-refractivity contribution in [2.75, 3.05) is 32.2 Å². The van der Waals surface area contributed by atoms with Gasteiger partial charge in [-0.2, -0.15) is 0 Å². The minimum atomic E-state index is -0.505. The number of hydrogen-bond acceptors (Lipinski definition) is 8. The first-order valence-corrected chi connectivity index (χ1v) is 11.6. The average Bonchev–Trinajstić information content (AvgIpc) is 2.86. The average molecular weight is 507 g/mol. The maximum Gasteiger partial charge on any atom is 0.243 e. The summed E-state index contributed by atoms with van der Waals surface area (Å²) in [6.07, 6.45) is 4.89. The Labute approximate surface area is 207 Å². The molecule has 0 radical (unpaired) electrons. The van der Waals surface area contributed by atoms with E-state index in [4.69, 9.17) is 31.0 Å². The van der Waals surface area contributed by atoms with E-state index >= 15 is 0 Å². The van der Waals surface area contributed by atoms with Gasteiger partial charge >= 0.3 is 0 Å². The largest absolute Gasteiger partial charge is 0.490 e. The lowest BCUT2D eigenvalue weighted by molar-refractivity contribution is -0.129. The van der Waals surface area contributed by atoms with Crippen molar-refractivity contribution in [3.05, 3.63) is 47.5 Å². The predicted octanol–water partition coefficient (Wildman–Crippen LogP) is 5.03. The van der Waals surface area contributed by atoms with Crippen molar-refractivity contribution in [1.82, 2.24) is 15.4 Å². The van der Waals surface area contributed by atoms with Crippen LogP contribution in [0.4, 0.5) is 15.9 Å². The van der Waals surface area contributed by atoms with E-state index in [1.165, 1.54) is 18.5 Å². The molecule has 9 nitrogen and oxygen atoms in total. The van der Waals surface area contributed by atoms with Gasteiger partial charge in [-0.3, -0.25) is 10.0 Å². The second-order valence-corrected chi connectivity index (χ2v) is 8.09. The normalized spacial score (nSPS) is 10.9. The zero-order chi connectivity index (χ0) is 25.0. The topological polar surface area (TPSA) is 115 Å². The second kappa shape index (κ2) is 13.6. The molecular formula is C24H28ClFN4O5. The monoisotopic (exact) mass is 506 g/mol. The highest BCUT2D eigenvalue weighted by molar-refractivity contribution is 6.31. The van der Waals surface area contributed by atoms with Crippen LogP contribution in [0.3, 0.4) is 0 Å². The summed E-state index contributed by atoms with van der Waals surface area (Å²) in [5, 5.41) is 12.4. The van der Waals surface area contributed by atoms with E-state index in [0.29, 0.717) is 60.1 Å². The van der Waals surface area contributed by atoms with Gasteiger partial charge in [-0.1, -0.05) is 24.4 Å². The number of halogens is 2. The third-order valence-electron chi connectivity index (χ3n) is 5.11. The molecule has 0 saturated heterocycles. The number of aromatic nitrogens is 2. The molecule has 2 aromatic carbocycles. The van der Waals surface area contributed by atoms with E-state index in [2.05, 4.69) is 15.3 Å². The van der Waals surface area contributed by atoms with Crippen LogP contribution in [0.25, 0.3) is 10.9 Å². The smallest absolute Gasteiger partial charge is 0.243 e. The number of nitrogens with one attached hydrogen (secondary N) is 2. The third kappa shape index (κ3) is 7.91. The number of carbonyl (C=O) groups excluding carboxylic acids is 1. The van der Waals surface area contributed by atoms with Gasteiger partial charge in [0, 0.05) is 30.7 Å². The molecule has 0 saturated carbocycles. The number of unbranched alkanes of at least 4 members (excludes halogenated alkanes) is 3. The van der Waals surface area contributed by atoms with Gasteiger partial charge in [-0.05, 0) is 37.1 Å². The first kappa shape index (κ1) is 26.4. The maximum absolute atomic E-state index is 13.5. The van der Waals surface area contributed by atoms with E-state index in [1.807, 2.05) is 0 Å². The van der Waals surface area contributed by atoms with Gasteiger partial charge < -0.3 is 19.5 Å². The molecular weight excluding hydrogens is 479 g/mol. The Morgan fingerprint density at radius 3 is 2.57 bits per heavy atom. The number of anilines is 2. The zero-order valence-electron chi connectivity index (χ0n) is 19.4. The van der Waals surface area contributed by atoms with Crippen LogP contribution in [0.2, 0.25) is 5.02 Å². The Balaban J connectivity index is 1.74. The van der Waals surface area contributed by atoms with Gasteiger partial charge in [-0.25, -0.2) is 19.8 Å². The molecule has 3 aromatic rings. The maximum atomic E-state index is 13.5. The molecule has 3 rings (SSSR count). The summed E-state index contributed by atoms with van der Waals surface area (Å²) in [6, 6.07) is 7.91. The van der Waals surface area contributed by atoms with Crippen LogP contribution in [0.15, 0.2) is 36.7 Å². The third-order valence-corrected chi connectivity index (χ3v) is 5.40. The number of nitrogens with zero attached hydrogens (tertiary/aromatic N) is 2. The van der Waals surface area contributed by atoms with E-state index in [1.54, 1.807) is 30.8 Å². The SMILES string of the molecule is COCCOc1cc2ncnc(Nc3ccc(F)c(Cl)c3)c2cc1OCCCCCCC(=O)NO. The summed E-state index contributed by atoms with van der Waals surface area (Å²) in [4.78, 5) is 19.7. The summed E-state index contributed by atoms with van der Waals surface area (Å²) in [5.74, 6) is 0.680. The standard InChI is InChI=1S/C24H28ClFN4O5/c1-33-10-11-35-22-14-20-17(13-21(22)34-9-5-3-2-4-6-23(31)30-32)24(28-15-27-20)29-16-7-8-19(26)18(25)12-16/h7-8,12-15,32H,2-6,9-11H2,1H3,(H,30,31)(H,27,28,29). The van der Waals surface area contributed by atoms with Crippen molar-refractivity contribution >= 4 is 39.9 Å². The van der Waals surface area contributed by atoms with Crippen molar-refractivity contribution in [3.8, 4) is 11.5 Å². The number of benzene rings is 2. The lowest BCUT2D eigenvalue weighted by Gasteiger charge is -2.15. The Bertz CT molecular complexity index is 1130. The fourth-order valence-corrected chi connectivity index (χ4v) is 3.49. The molecule has 0 unspecified atom stereocenters. The van der Waals surface area contributed by atoms with E-state index in [9.17, 15) is 9.18 Å². The summed E-state index contributed by atoms with van der Waals surface area (Å²) in [5.41, 5.74) is 2.84. The van der Waals surface area contributed by atoms with Crippen LogP contribution < -0.4 is 20.3 Å². The van der Waals surface area contributed by atoms with Gasteiger partial charge in [-0.15, -0.1) is 0 Å². The molecule has 0 aliphatic heterocycles. The van der Waals surface area contributed by atoms with Crippen LogP contribution in [-0.2, 0) is 9.53 Å². The molecule has 1 aromatic heterocycles. The molecule has 11 heteroatoms. The molecule has 0 aliphatic carbocycles. The minimum Gasteiger partial charge on any atom is -0.490 e.